The largest absolute Gasteiger partial charge is 0.310 e. The fraction of sp³-hybridized carbons (Fsp3) is 0.0233. The van der Waals surface area contributed by atoms with E-state index in [2.05, 4.69) is 350 Å². The van der Waals surface area contributed by atoms with Crippen LogP contribution in [0.25, 0.3) is 93.5 Å². The molecule has 0 saturated carbocycles. The van der Waals surface area contributed by atoms with Gasteiger partial charge in [0, 0.05) is 33.9 Å². The van der Waals surface area contributed by atoms with Gasteiger partial charge in [-0.25, -0.2) is 0 Å². The predicted octanol–water partition coefficient (Wildman–Crippen LogP) is 23.6. The third-order valence-electron chi connectivity index (χ3n) is 18.3. The second-order valence-corrected chi connectivity index (χ2v) is 23.0. The Morgan fingerprint density at radius 3 is 1.19 bits per heavy atom. The number of allylic oxidation sites excluding steroid dienone is 5. The molecule has 16 rings (SSSR count). The van der Waals surface area contributed by atoms with E-state index in [-0.39, 0.29) is 0 Å². The molecule has 0 heterocycles. The molecule has 0 aliphatic heterocycles. The number of hydrogen-bond acceptors (Lipinski definition) is 2. The second kappa shape index (κ2) is 21.6. The number of hydrogen-bond donors (Lipinski definition) is 0. The Bertz CT molecular complexity index is 4830. The van der Waals surface area contributed by atoms with Crippen molar-refractivity contribution in [2.75, 3.05) is 9.80 Å². The van der Waals surface area contributed by atoms with Gasteiger partial charge in [0.05, 0.1) is 16.8 Å². The van der Waals surface area contributed by atoms with E-state index in [1.54, 1.807) is 0 Å². The third kappa shape index (κ3) is 8.40. The van der Waals surface area contributed by atoms with Crippen LogP contribution in [0.5, 0.6) is 0 Å². The number of para-hydroxylation sites is 2. The van der Waals surface area contributed by atoms with E-state index in [4.69, 9.17) is 6.58 Å². The Morgan fingerprint density at radius 1 is 0.318 bits per heavy atom. The summed E-state index contributed by atoms with van der Waals surface area (Å²) in [6, 6.07) is 116. The first-order chi connectivity index (χ1) is 43.6. The fourth-order valence-electron chi connectivity index (χ4n) is 14.6. The summed E-state index contributed by atoms with van der Waals surface area (Å²) in [6.07, 6.45) is 6.71. The van der Waals surface area contributed by atoms with Crippen LogP contribution in [0.1, 0.15) is 29.2 Å². The number of rotatable bonds is 12. The molecule has 2 nitrogen and oxygen atoms in total. The quantitative estimate of drug-likeness (QED) is 0.120. The number of benzene rings is 14. The molecule has 88 heavy (non-hydrogen) atoms. The Hall–Kier alpha value is -11.3. The molecule has 0 radical (unpaired) electrons. The van der Waals surface area contributed by atoms with Gasteiger partial charge < -0.3 is 9.80 Å². The summed E-state index contributed by atoms with van der Waals surface area (Å²) in [5, 5.41) is 7.19. The van der Waals surface area contributed by atoms with Gasteiger partial charge in [0.25, 0.3) is 0 Å². The highest BCUT2D eigenvalue weighted by Crippen LogP contribution is 2.66. The molecule has 0 bridgehead atoms. The summed E-state index contributed by atoms with van der Waals surface area (Å²) in [5.74, 6) is 0. The normalized spacial score (nSPS) is 12.9. The minimum Gasteiger partial charge on any atom is -0.310 e. The van der Waals surface area contributed by atoms with E-state index in [9.17, 15) is 0 Å². The first kappa shape index (κ1) is 52.3. The van der Waals surface area contributed by atoms with E-state index >= 15 is 0 Å². The zero-order valence-corrected chi connectivity index (χ0v) is 48.9. The fourth-order valence-corrected chi connectivity index (χ4v) is 14.6. The standard InChI is InChI=1S/C86H60N2/c1-3-25-76-79(4-2)86(80-51-42-62-34-23-24-39-71(62)83(76)80)84-72-49-45-69(87(67-35-19-9-20-36-67)81-52-43-63(58-26-11-5-12-27-58)56-77(81)60-30-15-7-16-31-60)54-65(72)40-47-74(84)75-48-41-66-55-70(46-50-73(66)85(75)86)88(68-37-21-10-22-38-68)82-53-44-64(59-28-13-6-14-29-59)57-78(82)61-32-17-8-18-33-61/h3-57H,2H2,1H3/b25-3-. The molecule has 414 valence electrons. The maximum absolute atomic E-state index is 4.78. The summed E-state index contributed by atoms with van der Waals surface area (Å²) in [6.45, 7) is 6.92. The Morgan fingerprint density at radius 2 is 0.739 bits per heavy atom. The molecule has 0 saturated heterocycles. The van der Waals surface area contributed by atoms with Crippen LogP contribution in [-0.4, -0.2) is 0 Å². The van der Waals surface area contributed by atoms with Gasteiger partial charge in [-0.1, -0.05) is 267 Å². The first-order valence-electron chi connectivity index (χ1n) is 30.5. The lowest BCUT2D eigenvalue weighted by Crippen LogP contribution is -2.27. The number of fused-ring (bicyclic) bond motifs is 13. The zero-order valence-electron chi connectivity index (χ0n) is 48.9. The monoisotopic (exact) mass is 1120 g/mol. The molecule has 2 aliphatic carbocycles. The van der Waals surface area contributed by atoms with Crippen LogP contribution in [0.15, 0.2) is 346 Å². The van der Waals surface area contributed by atoms with Crippen LogP contribution < -0.4 is 9.80 Å². The Labute approximate surface area is 514 Å². The lowest BCUT2D eigenvalue weighted by atomic mass is 9.67. The summed E-state index contributed by atoms with van der Waals surface area (Å²) in [4.78, 5) is 4.88. The highest BCUT2D eigenvalue weighted by atomic mass is 15.1. The highest BCUT2D eigenvalue weighted by Gasteiger charge is 2.54. The van der Waals surface area contributed by atoms with E-state index < -0.39 is 5.41 Å². The summed E-state index contributed by atoms with van der Waals surface area (Å²) >= 11 is 0. The van der Waals surface area contributed by atoms with Crippen molar-refractivity contribution >= 4 is 72.0 Å². The van der Waals surface area contributed by atoms with Gasteiger partial charge in [-0.3, -0.25) is 0 Å². The molecule has 0 aromatic heterocycles. The average Bonchev–Trinajstić information content (AvgIpc) is 1.50. The molecule has 0 N–H and O–H groups in total. The first-order valence-corrected chi connectivity index (χ1v) is 30.5. The Balaban J connectivity index is 0.931. The molecule has 14 aromatic carbocycles. The molecular formula is C86H60N2. The van der Waals surface area contributed by atoms with E-state index in [1.807, 2.05) is 0 Å². The van der Waals surface area contributed by atoms with Gasteiger partial charge in [-0.2, -0.15) is 0 Å². The van der Waals surface area contributed by atoms with Crippen molar-refractivity contribution in [3.8, 4) is 55.6 Å². The van der Waals surface area contributed by atoms with Gasteiger partial charge in [0.15, 0.2) is 0 Å². The van der Waals surface area contributed by atoms with Crippen LogP contribution in [0, 0.1) is 0 Å². The van der Waals surface area contributed by atoms with E-state index in [0.29, 0.717) is 0 Å². The predicted molar refractivity (Wildman–Crippen MR) is 374 cm³/mol. The third-order valence-corrected chi connectivity index (χ3v) is 18.3. The van der Waals surface area contributed by atoms with E-state index in [0.717, 1.165) is 67.2 Å². The molecule has 2 aliphatic rings. The van der Waals surface area contributed by atoms with Gasteiger partial charge in [0.2, 0.25) is 0 Å². The smallest absolute Gasteiger partial charge is 0.0737 e. The molecule has 2 heteroatoms. The summed E-state index contributed by atoms with van der Waals surface area (Å²) < 4.78 is 0. The molecule has 0 unspecified atom stereocenters. The van der Waals surface area contributed by atoms with Crippen LogP contribution in [0.2, 0.25) is 0 Å². The van der Waals surface area contributed by atoms with Gasteiger partial charge in [-0.15, -0.1) is 0 Å². The van der Waals surface area contributed by atoms with Crippen molar-refractivity contribution in [2.24, 2.45) is 0 Å². The molecule has 0 fully saturated rings. The minimum atomic E-state index is -0.748. The van der Waals surface area contributed by atoms with Crippen molar-refractivity contribution in [3.63, 3.8) is 0 Å². The van der Waals surface area contributed by atoms with Crippen LogP contribution in [-0.2, 0) is 5.41 Å². The molecule has 14 aromatic rings. The van der Waals surface area contributed by atoms with Gasteiger partial charge in [-0.05, 0) is 190 Å². The molecular weight excluding hydrogens is 1060 g/mol. The maximum Gasteiger partial charge on any atom is 0.0737 e. The zero-order chi connectivity index (χ0) is 58.7. The van der Waals surface area contributed by atoms with Crippen molar-refractivity contribution < 1.29 is 0 Å². The Kier molecular flexibility index (Phi) is 12.8. The second-order valence-electron chi connectivity index (χ2n) is 23.0. The SMILES string of the molecule is C=CC1=C(/C=C\C)c2c(ccc3ccccc23)C12c1c(ccc3cc(N(c4ccccc4)c4ccc(-c5ccccc5)cc4-c4ccccc4)ccc13)-c1ccc3cc(N(c4ccccc4)c4ccc(-c5ccccc5)cc4-c4ccccc4)ccc3c12. The van der Waals surface area contributed by atoms with Crippen LogP contribution >= 0.6 is 0 Å². The molecule has 0 atom stereocenters. The number of anilines is 6. The maximum atomic E-state index is 4.78. The van der Waals surface area contributed by atoms with Crippen molar-refractivity contribution in [3.05, 3.63) is 368 Å². The summed E-state index contributed by atoms with van der Waals surface area (Å²) in [5.41, 5.74) is 25.1. The molecule has 1 spiro atoms. The van der Waals surface area contributed by atoms with Crippen molar-refractivity contribution in [1.29, 1.82) is 0 Å². The van der Waals surface area contributed by atoms with Crippen LogP contribution in [0.4, 0.5) is 34.1 Å². The lowest BCUT2D eigenvalue weighted by Gasteiger charge is -2.34. The summed E-state index contributed by atoms with van der Waals surface area (Å²) in [7, 11) is 0. The minimum absolute atomic E-state index is 0.748. The van der Waals surface area contributed by atoms with Crippen LogP contribution in [0.3, 0.4) is 0 Å². The topological polar surface area (TPSA) is 6.48 Å². The van der Waals surface area contributed by atoms with Crippen molar-refractivity contribution in [1.82, 2.24) is 0 Å². The van der Waals surface area contributed by atoms with Crippen molar-refractivity contribution in [2.45, 2.75) is 12.3 Å². The molecule has 0 amide bonds. The highest BCUT2D eigenvalue weighted by molar-refractivity contribution is 6.14. The van der Waals surface area contributed by atoms with Gasteiger partial charge >= 0.3 is 0 Å². The average molecular weight is 1120 g/mol. The van der Waals surface area contributed by atoms with Gasteiger partial charge in [0.1, 0.15) is 0 Å². The lowest BCUT2D eigenvalue weighted by molar-refractivity contribution is 0.803. The van der Waals surface area contributed by atoms with E-state index in [1.165, 1.54) is 88.3 Å². The number of nitrogens with zero attached hydrogens (tertiary/aromatic N) is 2.